The predicted octanol–water partition coefficient (Wildman–Crippen LogP) is 9.97. The molecule has 0 aliphatic heterocycles. The third kappa shape index (κ3) is 8.82. The molecule has 2 fully saturated rings. The number of imidazole rings is 2. The van der Waals surface area contributed by atoms with Gasteiger partial charge in [0.2, 0.25) is 0 Å². The summed E-state index contributed by atoms with van der Waals surface area (Å²) in [5.74, 6) is -1.07. The molecule has 2 saturated carbocycles. The van der Waals surface area contributed by atoms with Crippen LogP contribution in [0.4, 0.5) is 18.4 Å². The topological polar surface area (TPSA) is 175 Å². The zero-order valence-electron chi connectivity index (χ0n) is 40.6. The van der Waals surface area contributed by atoms with Crippen molar-refractivity contribution in [2.45, 2.75) is 118 Å². The number of carbonyl (C=O) groups excluding carboxylic acids is 4. The van der Waals surface area contributed by atoms with Crippen LogP contribution in [-0.4, -0.2) is 93.1 Å². The number of benzene rings is 3. The molecule has 354 valence electrons. The Morgan fingerprint density at radius 2 is 0.924 bits per heavy atom. The second-order valence-corrected chi connectivity index (χ2v) is 21.8. The summed E-state index contributed by atoms with van der Waals surface area (Å²) in [4.78, 5) is 72.4. The second-order valence-electron chi connectivity index (χ2n) is 21.8. The van der Waals surface area contributed by atoms with Crippen LogP contribution in [0.3, 0.4) is 0 Å². The number of aromatic nitrogens is 4. The molecule has 2 unspecified atom stereocenters. The van der Waals surface area contributed by atoms with Crippen LogP contribution in [0, 0.1) is 33.3 Å². The minimum Gasteiger partial charge on any atom is -0.432 e. The number of fused-ring (bicyclic) bond motifs is 2. The number of ether oxygens (including phenoxy) is 2. The highest BCUT2D eigenvalue weighted by atomic mass is 19.1. The number of rotatable bonds is 12. The van der Waals surface area contributed by atoms with Crippen molar-refractivity contribution in [1.82, 2.24) is 40.4 Å². The number of nitrogens with zero attached hydrogens (tertiary/aromatic N) is 4. The molecule has 2 heterocycles. The van der Waals surface area contributed by atoms with Gasteiger partial charge in [-0.2, -0.15) is 0 Å². The predicted molar refractivity (Wildman–Crippen MR) is 249 cm³/mol. The monoisotopic (exact) mass is 910 g/mol. The van der Waals surface area contributed by atoms with Gasteiger partial charge in [-0.05, 0) is 73.6 Å². The Balaban J connectivity index is 1.14. The summed E-state index contributed by atoms with van der Waals surface area (Å²) in [7, 11) is 6.26. The van der Waals surface area contributed by atoms with Gasteiger partial charge in [0.1, 0.15) is 23.3 Å². The van der Waals surface area contributed by atoms with Crippen molar-refractivity contribution in [1.29, 1.82) is 0 Å². The van der Waals surface area contributed by atoms with Crippen molar-refractivity contribution in [2.24, 2.45) is 21.7 Å². The molecular formula is C50H64F2N8O6. The summed E-state index contributed by atoms with van der Waals surface area (Å²) in [5.41, 5.74) is -1.62. The first-order valence-corrected chi connectivity index (χ1v) is 22.4. The zero-order valence-corrected chi connectivity index (χ0v) is 40.6. The first kappa shape index (κ1) is 47.9. The van der Waals surface area contributed by atoms with E-state index >= 15 is 8.78 Å². The second kappa shape index (κ2) is 16.4. The Hall–Kier alpha value is -6.06. The maximum Gasteiger partial charge on any atom is 0.410 e. The fourth-order valence-electron chi connectivity index (χ4n) is 8.32. The number of amides is 4. The summed E-state index contributed by atoms with van der Waals surface area (Å²) in [6.45, 7) is 18.9. The number of hydrogen-bond acceptors (Lipinski definition) is 8. The van der Waals surface area contributed by atoms with E-state index in [1.165, 1.54) is 21.9 Å². The van der Waals surface area contributed by atoms with Crippen molar-refractivity contribution < 1.29 is 37.4 Å². The third-order valence-corrected chi connectivity index (χ3v) is 14.0. The van der Waals surface area contributed by atoms with Crippen LogP contribution in [0.5, 0.6) is 0 Å². The molecular weight excluding hydrogens is 847 g/mol. The van der Waals surface area contributed by atoms with E-state index in [1.54, 1.807) is 78.4 Å². The number of hydrogen-bond donors (Lipinski definition) is 4. The van der Waals surface area contributed by atoms with Gasteiger partial charge in [0, 0.05) is 62.3 Å². The molecule has 0 saturated heterocycles. The minimum atomic E-state index is -1.44. The van der Waals surface area contributed by atoms with Crippen molar-refractivity contribution in [3.8, 4) is 22.3 Å². The van der Waals surface area contributed by atoms with Gasteiger partial charge in [0.25, 0.3) is 11.8 Å². The van der Waals surface area contributed by atoms with E-state index < -0.39 is 80.6 Å². The third-order valence-electron chi connectivity index (χ3n) is 14.0. The van der Waals surface area contributed by atoms with E-state index in [1.807, 2.05) is 55.4 Å². The van der Waals surface area contributed by atoms with Crippen LogP contribution in [0.25, 0.3) is 44.3 Å². The molecule has 5 aromatic rings. The van der Waals surface area contributed by atoms with E-state index in [4.69, 9.17) is 19.4 Å². The Morgan fingerprint density at radius 1 is 0.606 bits per heavy atom. The van der Waals surface area contributed by atoms with Gasteiger partial charge in [0.05, 0.1) is 34.2 Å². The normalized spacial score (nSPS) is 18.1. The molecule has 4 amide bonds. The van der Waals surface area contributed by atoms with Gasteiger partial charge in [-0.25, -0.2) is 28.3 Å². The molecule has 0 radical (unpaired) electrons. The van der Waals surface area contributed by atoms with Crippen LogP contribution in [0.2, 0.25) is 0 Å². The van der Waals surface area contributed by atoms with Crippen molar-refractivity contribution >= 4 is 46.1 Å². The smallest absolute Gasteiger partial charge is 0.410 e. The highest BCUT2D eigenvalue weighted by molar-refractivity contribution is 5.91. The van der Waals surface area contributed by atoms with Crippen LogP contribution in [0.15, 0.2) is 48.5 Å². The quantitative estimate of drug-likeness (QED) is 0.0957. The first-order valence-electron chi connectivity index (χ1n) is 22.4. The molecule has 0 bridgehead atoms. The van der Waals surface area contributed by atoms with E-state index in [2.05, 4.69) is 20.6 Å². The van der Waals surface area contributed by atoms with E-state index in [-0.39, 0.29) is 11.1 Å². The van der Waals surface area contributed by atoms with Gasteiger partial charge in [-0.3, -0.25) is 9.59 Å². The average Bonchev–Trinajstić information content (AvgIpc) is 4.08. The summed E-state index contributed by atoms with van der Waals surface area (Å²) in [5, 5.41) is 6.23. The lowest BCUT2D eigenvalue weighted by molar-refractivity contribution is -0.148. The van der Waals surface area contributed by atoms with Crippen molar-refractivity contribution in [3.63, 3.8) is 0 Å². The summed E-state index contributed by atoms with van der Waals surface area (Å²) in [6, 6.07) is 11.5. The molecule has 14 nitrogen and oxygen atoms in total. The van der Waals surface area contributed by atoms with Gasteiger partial charge in [-0.15, -0.1) is 0 Å². The molecule has 7 rings (SSSR count). The summed E-state index contributed by atoms with van der Waals surface area (Å²) >= 11 is 0. The number of aromatic amines is 2. The van der Waals surface area contributed by atoms with E-state index in [0.29, 0.717) is 44.8 Å². The van der Waals surface area contributed by atoms with Gasteiger partial charge >= 0.3 is 12.2 Å². The molecule has 2 aliphatic carbocycles. The average molecular weight is 911 g/mol. The Labute approximate surface area is 385 Å². The lowest BCUT2D eigenvalue weighted by Gasteiger charge is -2.38. The summed E-state index contributed by atoms with van der Waals surface area (Å²) < 4.78 is 43.6. The van der Waals surface area contributed by atoms with Crippen LogP contribution < -0.4 is 10.6 Å². The van der Waals surface area contributed by atoms with Gasteiger partial charge < -0.3 is 39.9 Å². The number of carbonyl (C=O) groups is 4. The minimum absolute atomic E-state index is 0.277. The van der Waals surface area contributed by atoms with E-state index in [9.17, 15) is 19.2 Å². The van der Waals surface area contributed by atoms with Crippen LogP contribution in [-0.2, 0) is 19.1 Å². The standard InChI is InChI=1S/C50H64F2N8O6/c1-45(2,3)37(57-41(61)49(9,47(7)19-20-47)65-43(63)59(11)12)39-53-33-23-29(31(51)25-35(33)55-39)27-15-17-28(18-16-27)30-24-34-36(26-32(30)52)56-40(54-34)38(46(4,5)6)58-42(62)50(10,48(8)21-22-48)66-44(64)60(13)14/h15-18,23-26,37-38H,19-22H2,1-14H3,(H,53,55)(H,54,56)(H,57,61)(H,58,62)/t37-,38-,49?,50?/m1/s1. The number of halogens is 2. The van der Waals surface area contributed by atoms with Gasteiger partial charge in [0.15, 0.2) is 11.2 Å². The first-order chi connectivity index (χ1) is 30.5. The fourth-order valence-corrected chi connectivity index (χ4v) is 8.32. The maximum absolute atomic E-state index is 16.0. The molecule has 2 aromatic heterocycles. The molecule has 16 heteroatoms. The number of H-pyrrole nitrogens is 2. The van der Waals surface area contributed by atoms with Crippen molar-refractivity contribution in [3.05, 3.63) is 71.8 Å². The molecule has 2 aliphatic rings. The summed E-state index contributed by atoms with van der Waals surface area (Å²) in [6.07, 6.45) is 1.66. The highest BCUT2D eigenvalue weighted by Crippen LogP contribution is 2.57. The Kier molecular flexibility index (Phi) is 11.9. The maximum atomic E-state index is 16.0. The Morgan fingerprint density at radius 3 is 1.20 bits per heavy atom. The Bertz CT molecular complexity index is 2540. The largest absolute Gasteiger partial charge is 0.432 e. The molecule has 0 spiro atoms. The van der Waals surface area contributed by atoms with Crippen LogP contribution >= 0.6 is 0 Å². The molecule has 66 heavy (non-hydrogen) atoms. The van der Waals surface area contributed by atoms with Crippen molar-refractivity contribution in [2.75, 3.05) is 28.2 Å². The SMILES string of the molecule is CN(C)C(=O)OC(C)(C(=O)N[C@H](c1nc2cc(-c3ccc(-c4cc5nc([C@@H](NC(=O)C(C)(OC(=O)N(C)C)C6(C)CC6)C(C)(C)C)[nH]c5cc4F)cc3)c(F)cc2[nH]1)C(C)(C)C)C1(C)CC1. The van der Waals surface area contributed by atoms with Crippen LogP contribution in [0.1, 0.15) is 119 Å². The molecule has 4 atom stereocenters. The highest BCUT2D eigenvalue weighted by Gasteiger charge is 2.62. The molecule has 3 aromatic carbocycles. The lowest BCUT2D eigenvalue weighted by Crippen LogP contribution is -2.56. The fraction of sp³-hybridized carbons (Fsp3) is 0.520. The number of nitrogens with one attached hydrogen (secondary N) is 4. The zero-order chi connectivity index (χ0) is 48.7. The lowest BCUT2D eigenvalue weighted by atomic mass is 9.83. The molecule has 4 N–H and O–H groups in total. The van der Waals surface area contributed by atoms with Gasteiger partial charge in [-0.1, -0.05) is 79.7 Å². The van der Waals surface area contributed by atoms with E-state index in [0.717, 1.165) is 25.7 Å².